The minimum Gasteiger partial charge on any atom is -0.289 e. The second-order valence-electron chi connectivity index (χ2n) is 5.43. The van der Waals surface area contributed by atoms with Crippen LogP contribution >= 0.6 is 23.1 Å². The summed E-state index contributed by atoms with van der Waals surface area (Å²) < 4.78 is 0. The van der Waals surface area contributed by atoms with Gasteiger partial charge in [-0.05, 0) is 48.5 Å². The number of likely N-dealkylation sites (N-methyl/N-ethyl adjacent to an activating group) is 1. The number of aryl methyl sites for hydroxylation is 1. The number of aromatic nitrogens is 3. The van der Waals surface area contributed by atoms with E-state index in [0.29, 0.717) is 15.2 Å². The standard InChI is InChI=1S/C17H13N5OS2/c1-10-20-21-16(24-10)19-17-22(2)15(23)14(25-17)9-11-5-6-13-12(8-11)4-3-7-18-13/h3-9H,1-2H3/b14-9-,19-17+. The highest BCUT2D eigenvalue weighted by Crippen LogP contribution is 2.33. The molecule has 0 radical (unpaired) electrons. The highest BCUT2D eigenvalue weighted by molar-refractivity contribution is 8.18. The minimum atomic E-state index is -0.0729. The molecule has 124 valence electrons. The van der Waals surface area contributed by atoms with Crippen LogP contribution in [-0.2, 0) is 4.79 Å². The van der Waals surface area contributed by atoms with Gasteiger partial charge in [-0.15, -0.1) is 10.2 Å². The van der Waals surface area contributed by atoms with Gasteiger partial charge in [0.1, 0.15) is 5.01 Å². The van der Waals surface area contributed by atoms with Gasteiger partial charge in [-0.2, -0.15) is 4.99 Å². The number of pyridine rings is 1. The lowest BCUT2D eigenvalue weighted by Gasteiger charge is -2.05. The Kier molecular flexibility index (Phi) is 4.06. The number of carbonyl (C=O) groups excluding carboxylic acids is 1. The smallest absolute Gasteiger partial charge is 0.266 e. The highest BCUT2D eigenvalue weighted by atomic mass is 32.2. The summed E-state index contributed by atoms with van der Waals surface area (Å²) in [6.07, 6.45) is 3.65. The van der Waals surface area contributed by atoms with E-state index in [9.17, 15) is 4.79 Å². The van der Waals surface area contributed by atoms with Crippen molar-refractivity contribution in [1.82, 2.24) is 20.1 Å². The van der Waals surface area contributed by atoms with Crippen molar-refractivity contribution < 1.29 is 4.79 Å². The van der Waals surface area contributed by atoms with Crippen LogP contribution in [0.1, 0.15) is 10.6 Å². The van der Waals surface area contributed by atoms with Crippen molar-refractivity contribution in [2.45, 2.75) is 6.92 Å². The van der Waals surface area contributed by atoms with E-state index in [4.69, 9.17) is 0 Å². The van der Waals surface area contributed by atoms with Crippen molar-refractivity contribution in [3.63, 3.8) is 0 Å². The van der Waals surface area contributed by atoms with Gasteiger partial charge in [-0.1, -0.05) is 23.5 Å². The average Bonchev–Trinajstić information content (AvgIpc) is 3.14. The molecule has 1 aliphatic heterocycles. The van der Waals surface area contributed by atoms with E-state index >= 15 is 0 Å². The number of hydrogen-bond acceptors (Lipinski definition) is 7. The van der Waals surface area contributed by atoms with E-state index in [2.05, 4.69) is 20.2 Å². The zero-order valence-electron chi connectivity index (χ0n) is 13.5. The topological polar surface area (TPSA) is 71.3 Å². The van der Waals surface area contributed by atoms with Crippen LogP contribution in [-0.4, -0.2) is 38.2 Å². The number of rotatable bonds is 2. The third-order valence-corrected chi connectivity index (χ3v) is 5.43. The van der Waals surface area contributed by atoms with E-state index < -0.39 is 0 Å². The molecule has 1 aromatic carbocycles. The normalized spacial score (nSPS) is 18.0. The summed E-state index contributed by atoms with van der Waals surface area (Å²) >= 11 is 2.74. The molecule has 1 amide bonds. The third-order valence-electron chi connectivity index (χ3n) is 3.64. The van der Waals surface area contributed by atoms with E-state index in [1.165, 1.54) is 28.0 Å². The monoisotopic (exact) mass is 367 g/mol. The van der Waals surface area contributed by atoms with Gasteiger partial charge in [0.2, 0.25) is 5.13 Å². The molecule has 0 saturated carbocycles. The Morgan fingerprint density at radius 3 is 2.92 bits per heavy atom. The Labute approximate surface area is 152 Å². The first kappa shape index (κ1) is 15.9. The van der Waals surface area contributed by atoms with Gasteiger partial charge < -0.3 is 0 Å². The first-order chi connectivity index (χ1) is 12.1. The van der Waals surface area contributed by atoms with E-state index in [0.717, 1.165) is 21.5 Å². The first-order valence-corrected chi connectivity index (χ1v) is 9.14. The molecule has 0 atom stereocenters. The second kappa shape index (κ2) is 6.38. The van der Waals surface area contributed by atoms with Gasteiger partial charge in [-0.25, -0.2) is 0 Å². The zero-order valence-corrected chi connectivity index (χ0v) is 15.1. The summed E-state index contributed by atoms with van der Waals surface area (Å²) in [5.74, 6) is -0.0729. The lowest BCUT2D eigenvalue weighted by atomic mass is 10.1. The number of aliphatic imine (C=N–C) groups is 1. The molecule has 1 aliphatic rings. The van der Waals surface area contributed by atoms with Gasteiger partial charge in [0.15, 0.2) is 5.17 Å². The number of hydrogen-bond donors (Lipinski definition) is 0. The van der Waals surface area contributed by atoms with Crippen LogP contribution in [0.4, 0.5) is 5.13 Å². The number of amidine groups is 1. The van der Waals surface area contributed by atoms with E-state index in [1.54, 1.807) is 13.2 Å². The quantitative estimate of drug-likeness (QED) is 0.647. The molecule has 4 rings (SSSR count). The molecule has 8 heteroatoms. The molecule has 2 aromatic heterocycles. The third kappa shape index (κ3) is 3.18. The Hall–Kier alpha value is -2.58. The Bertz CT molecular complexity index is 1040. The fourth-order valence-corrected chi connectivity index (χ4v) is 3.99. The molecule has 1 saturated heterocycles. The predicted octanol–water partition coefficient (Wildman–Crippen LogP) is 3.63. The number of benzene rings is 1. The maximum Gasteiger partial charge on any atom is 0.266 e. The fourth-order valence-electron chi connectivity index (χ4n) is 2.40. The van der Waals surface area contributed by atoms with E-state index in [1.807, 2.05) is 43.3 Å². The molecule has 0 spiro atoms. The largest absolute Gasteiger partial charge is 0.289 e. The van der Waals surface area contributed by atoms with Gasteiger partial charge in [0.05, 0.1) is 10.4 Å². The van der Waals surface area contributed by atoms with Crippen LogP contribution in [0, 0.1) is 6.92 Å². The van der Waals surface area contributed by atoms with Crippen molar-refractivity contribution >= 4 is 56.3 Å². The lowest BCUT2D eigenvalue weighted by Crippen LogP contribution is -2.23. The molecule has 25 heavy (non-hydrogen) atoms. The number of fused-ring (bicyclic) bond motifs is 1. The summed E-state index contributed by atoms with van der Waals surface area (Å²) in [4.78, 5) is 23.4. The van der Waals surface area contributed by atoms with Gasteiger partial charge in [-0.3, -0.25) is 14.7 Å². The lowest BCUT2D eigenvalue weighted by molar-refractivity contribution is -0.121. The van der Waals surface area contributed by atoms with Gasteiger partial charge in [0.25, 0.3) is 5.91 Å². The SMILES string of the molecule is Cc1nnc(/N=C2/S/C(=C\c3ccc4ncccc4c3)C(=O)N2C)s1. The maximum absolute atomic E-state index is 12.5. The fraction of sp³-hybridized carbons (Fsp3) is 0.118. The zero-order chi connectivity index (χ0) is 17.4. The van der Waals surface area contributed by atoms with Crippen molar-refractivity contribution in [1.29, 1.82) is 0 Å². The number of nitrogens with zero attached hydrogens (tertiary/aromatic N) is 5. The molecule has 3 aromatic rings. The molecule has 0 N–H and O–H groups in total. The molecular weight excluding hydrogens is 354 g/mol. The summed E-state index contributed by atoms with van der Waals surface area (Å²) in [6, 6.07) is 9.84. The maximum atomic E-state index is 12.5. The summed E-state index contributed by atoms with van der Waals surface area (Å²) in [5, 5.41) is 11.0. The van der Waals surface area contributed by atoms with Gasteiger partial charge in [0, 0.05) is 18.6 Å². The number of carbonyl (C=O) groups is 1. The second-order valence-corrected chi connectivity index (χ2v) is 7.60. The molecule has 6 nitrogen and oxygen atoms in total. The van der Waals surface area contributed by atoms with E-state index in [-0.39, 0.29) is 5.91 Å². The molecule has 0 unspecified atom stereocenters. The average molecular weight is 367 g/mol. The molecular formula is C17H13N5OS2. The van der Waals surface area contributed by atoms with Crippen LogP contribution in [0.15, 0.2) is 46.4 Å². The molecule has 1 fully saturated rings. The Balaban J connectivity index is 1.66. The summed E-state index contributed by atoms with van der Waals surface area (Å²) in [6.45, 7) is 1.87. The molecule has 3 heterocycles. The van der Waals surface area contributed by atoms with Crippen molar-refractivity contribution in [3.05, 3.63) is 52.0 Å². The van der Waals surface area contributed by atoms with Crippen molar-refractivity contribution in [3.8, 4) is 0 Å². The van der Waals surface area contributed by atoms with Crippen LogP contribution in [0.5, 0.6) is 0 Å². The molecule has 0 aliphatic carbocycles. The van der Waals surface area contributed by atoms with Crippen LogP contribution in [0.2, 0.25) is 0 Å². The Morgan fingerprint density at radius 1 is 1.24 bits per heavy atom. The van der Waals surface area contributed by atoms with Gasteiger partial charge >= 0.3 is 0 Å². The molecule has 0 bridgehead atoms. The Morgan fingerprint density at radius 2 is 2.12 bits per heavy atom. The highest BCUT2D eigenvalue weighted by Gasteiger charge is 2.30. The van der Waals surface area contributed by atoms with Crippen molar-refractivity contribution in [2.75, 3.05) is 7.05 Å². The van der Waals surface area contributed by atoms with Crippen molar-refractivity contribution in [2.24, 2.45) is 4.99 Å². The number of thioether (sulfide) groups is 1. The van der Waals surface area contributed by atoms with Crippen LogP contribution in [0.3, 0.4) is 0 Å². The number of amides is 1. The predicted molar refractivity (Wildman–Crippen MR) is 102 cm³/mol. The first-order valence-electron chi connectivity index (χ1n) is 7.51. The summed E-state index contributed by atoms with van der Waals surface area (Å²) in [5.41, 5.74) is 1.89. The minimum absolute atomic E-state index is 0.0729. The summed E-state index contributed by atoms with van der Waals surface area (Å²) in [7, 11) is 1.72. The van der Waals surface area contributed by atoms with Crippen LogP contribution < -0.4 is 0 Å². The van der Waals surface area contributed by atoms with Crippen LogP contribution in [0.25, 0.3) is 17.0 Å².